The second-order valence-electron chi connectivity index (χ2n) is 3.41. The molecule has 1 atom stereocenters. The van der Waals surface area contributed by atoms with Gasteiger partial charge in [0.1, 0.15) is 11.5 Å². The maximum absolute atomic E-state index is 10.9. The molecule has 0 saturated heterocycles. The van der Waals surface area contributed by atoms with E-state index in [1.54, 1.807) is 31.4 Å². The van der Waals surface area contributed by atoms with Crippen LogP contribution in [0.2, 0.25) is 0 Å². The summed E-state index contributed by atoms with van der Waals surface area (Å²) in [6.07, 6.45) is 0.493. The highest BCUT2D eigenvalue weighted by Crippen LogP contribution is 2.19. The Labute approximate surface area is 94.8 Å². The van der Waals surface area contributed by atoms with Gasteiger partial charge in [-0.25, -0.2) is 4.79 Å². The van der Waals surface area contributed by atoms with Crippen molar-refractivity contribution < 1.29 is 19.4 Å². The van der Waals surface area contributed by atoms with Crippen molar-refractivity contribution in [2.75, 3.05) is 7.11 Å². The van der Waals surface area contributed by atoms with Crippen molar-refractivity contribution in [3.05, 3.63) is 24.3 Å². The topological polar surface area (TPSA) is 55.8 Å². The standard InChI is InChI=1S/C12H16O4/c1-3-4-11(12(13)14)16-10-7-5-9(15-2)6-8-10/h5-8,11H,3-4H2,1-2H3,(H,13,14). The van der Waals surface area contributed by atoms with Gasteiger partial charge in [0.15, 0.2) is 6.10 Å². The molecular weight excluding hydrogens is 208 g/mol. The number of carboxylic acid groups (broad SMARTS) is 1. The van der Waals surface area contributed by atoms with E-state index in [1.807, 2.05) is 6.92 Å². The first-order valence-corrected chi connectivity index (χ1v) is 5.21. The minimum atomic E-state index is -0.933. The third-order valence-electron chi connectivity index (χ3n) is 2.16. The van der Waals surface area contributed by atoms with Crippen LogP contribution in [0, 0.1) is 0 Å². The van der Waals surface area contributed by atoms with Gasteiger partial charge in [-0.15, -0.1) is 0 Å². The Kier molecular flexibility index (Phi) is 4.64. The summed E-state index contributed by atoms with van der Waals surface area (Å²) in [6, 6.07) is 6.87. The molecule has 0 spiro atoms. The molecule has 0 aliphatic rings. The molecule has 16 heavy (non-hydrogen) atoms. The van der Waals surface area contributed by atoms with Gasteiger partial charge in [0.2, 0.25) is 0 Å². The predicted molar refractivity (Wildman–Crippen MR) is 60.0 cm³/mol. The number of methoxy groups -OCH3 is 1. The molecule has 0 amide bonds. The van der Waals surface area contributed by atoms with E-state index < -0.39 is 12.1 Å². The van der Waals surface area contributed by atoms with Crippen LogP contribution in [0.15, 0.2) is 24.3 Å². The SMILES string of the molecule is CCCC(Oc1ccc(OC)cc1)C(=O)O. The zero-order valence-electron chi connectivity index (χ0n) is 9.47. The average Bonchev–Trinajstić information content (AvgIpc) is 2.29. The van der Waals surface area contributed by atoms with E-state index in [0.29, 0.717) is 12.2 Å². The van der Waals surface area contributed by atoms with E-state index in [1.165, 1.54) is 0 Å². The lowest BCUT2D eigenvalue weighted by Gasteiger charge is -2.14. The van der Waals surface area contributed by atoms with Crippen molar-refractivity contribution >= 4 is 5.97 Å². The maximum atomic E-state index is 10.9. The molecule has 0 aliphatic heterocycles. The molecule has 4 heteroatoms. The Balaban J connectivity index is 2.65. The Bertz CT molecular complexity index is 331. The van der Waals surface area contributed by atoms with Crippen LogP contribution in [0.3, 0.4) is 0 Å². The third-order valence-corrected chi connectivity index (χ3v) is 2.16. The Hall–Kier alpha value is -1.71. The molecule has 88 valence electrons. The van der Waals surface area contributed by atoms with E-state index in [4.69, 9.17) is 14.6 Å². The first kappa shape index (κ1) is 12.4. The fourth-order valence-corrected chi connectivity index (χ4v) is 1.31. The molecule has 1 unspecified atom stereocenters. The quantitative estimate of drug-likeness (QED) is 0.805. The van der Waals surface area contributed by atoms with Gasteiger partial charge in [0.05, 0.1) is 7.11 Å². The Morgan fingerprint density at radius 3 is 2.31 bits per heavy atom. The smallest absolute Gasteiger partial charge is 0.344 e. The number of benzene rings is 1. The van der Waals surface area contributed by atoms with Crippen LogP contribution in [0.1, 0.15) is 19.8 Å². The predicted octanol–water partition coefficient (Wildman–Crippen LogP) is 2.33. The van der Waals surface area contributed by atoms with Gasteiger partial charge in [-0.2, -0.15) is 0 Å². The lowest BCUT2D eigenvalue weighted by Crippen LogP contribution is -2.26. The summed E-state index contributed by atoms with van der Waals surface area (Å²) in [4.78, 5) is 10.9. The van der Waals surface area contributed by atoms with Crippen LogP contribution in [0.25, 0.3) is 0 Å². The number of carboxylic acids is 1. The average molecular weight is 224 g/mol. The minimum Gasteiger partial charge on any atom is -0.497 e. The van der Waals surface area contributed by atoms with Crippen molar-refractivity contribution in [2.24, 2.45) is 0 Å². The largest absolute Gasteiger partial charge is 0.497 e. The van der Waals surface area contributed by atoms with E-state index in [-0.39, 0.29) is 0 Å². The number of aliphatic carboxylic acids is 1. The fourth-order valence-electron chi connectivity index (χ4n) is 1.31. The maximum Gasteiger partial charge on any atom is 0.344 e. The summed E-state index contributed by atoms with van der Waals surface area (Å²) < 4.78 is 10.4. The van der Waals surface area contributed by atoms with Crippen molar-refractivity contribution in [2.45, 2.75) is 25.9 Å². The minimum absolute atomic E-state index is 0.501. The van der Waals surface area contributed by atoms with Gasteiger partial charge in [-0.05, 0) is 30.7 Å². The lowest BCUT2D eigenvalue weighted by molar-refractivity contribution is -0.145. The van der Waals surface area contributed by atoms with E-state index in [2.05, 4.69) is 0 Å². The monoisotopic (exact) mass is 224 g/mol. The summed E-state index contributed by atoms with van der Waals surface area (Å²) in [6.45, 7) is 1.92. The number of hydrogen-bond acceptors (Lipinski definition) is 3. The second kappa shape index (κ2) is 6.00. The highest BCUT2D eigenvalue weighted by Gasteiger charge is 2.17. The molecule has 0 saturated carbocycles. The molecule has 0 bridgehead atoms. The molecule has 1 aromatic carbocycles. The molecule has 1 rings (SSSR count). The van der Waals surface area contributed by atoms with Crippen LogP contribution >= 0.6 is 0 Å². The number of carbonyl (C=O) groups is 1. The summed E-state index contributed by atoms with van der Waals surface area (Å²) in [5, 5.41) is 8.92. The van der Waals surface area contributed by atoms with E-state index >= 15 is 0 Å². The van der Waals surface area contributed by atoms with Crippen molar-refractivity contribution in [1.29, 1.82) is 0 Å². The zero-order chi connectivity index (χ0) is 12.0. The first-order valence-electron chi connectivity index (χ1n) is 5.21. The second-order valence-corrected chi connectivity index (χ2v) is 3.41. The van der Waals surface area contributed by atoms with Gasteiger partial charge in [0.25, 0.3) is 0 Å². The van der Waals surface area contributed by atoms with Crippen molar-refractivity contribution in [3.63, 3.8) is 0 Å². The Morgan fingerprint density at radius 2 is 1.88 bits per heavy atom. The molecular formula is C12H16O4. The van der Waals surface area contributed by atoms with Crippen LogP contribution < -0.4 is 9.47 Å². The summed E-state index contributed by atoms with van der Waals surface area (Å²) in [7, 11) is 1.58. The van der Waals surface area contributed by atoms with Crippen LogP contribution in [-0.2, 0) is 4.79 Å². The van der Waals surface area contributed by atoms with Crippen molar-refractivity contribution in [1.82, 2.24) is 0 Å². The molecule has 1 N–H and O–H groups in total. The van der Waals surface area contributed by atoms with Gasteiger partial charge in [0, 0.05) is 0 Å². The molecule has 0 aliphatic carbocycles. The van der Waals surface area contributed by atoms with Crippen LogP contribution in [0.4, 0.5) is 0 Å². The number of ether oxygens (including phenoxy) is 2. The molecule has 0 aromatic heterocycles. The Morgan fingerprint density at radius 1 is 1.31 bits per heavy atom. The molecule has 0 heterocycles. The highest BCUT2D eigenvalue weighted by molar-refractivity contribution is 5.72. The van der Waals surface area contributed by atoms with Gasteiger partial charge in [-0.3, -0.25) is 0 Å². The van der Waals surface area contributed by atoms with Crippen LogP contribution in [-0.4, -0.2) is 24.3 Å². The summed E-state index contributed by atoms with van der Waals surface area (Å²) in [5.74, 6) is 0.328. The zero-order valence-corrected chi connectivity index (χ0v) is 9.47. The molecule has 1 aromatic rings. The number of rotatable bonds is 6. The molecule has 4 nitrogen and oxygen atoms in total. The summed E-state index contributed by atoms with van der Waals surface area (Å²) >= 11 is 0. The van der Waals surface area contributed by atoms with Gasteiger partial charge >= 0.3 is 5.97 Å². The summed E-state index contributed by atoms with van der Waals surface area (Å²) in [5.41, 5.74) is 0. The van der Waals surface area contributed by atoms with Crippen molar-refractivity contribution in [3.8, 4) is 11.5 Å². The van der Waals surface area contributed by atoms with E-state index in [9.17, 15) is 4.79 Å². The fraction of sp³-hybridized carbons (Fsp3) is 0.417. The molecule has 0 fully saturated rings. The first-order chi connectivity index (χ1) is 7.67. The van der Waals surface area contributed by atoms with Gasteiger partial charge < -0.3 is 14.6 Å². The van der Waals surface area contributed by atoms with Crippen LogP contribution in [0.5, 0.6) is 11.5 Å². The van der Waals surface area contributed by atoms with Gasteiger partial charge in [-0.1, -0.05) is 13.3 Å². The lowest BCUT2D eigenvalue weighted by atomic mass is 10.2. The third kappa shape index (κ3) is 3.46. The molecule has 0 radical (unpaired) electrons. The number of hydrogen-bond donors (Lipinski definition) is 1. The normalized spacial score (nSPS) is 11.9. The van der Waals surface area contributed by atoms with E-state index in [0.717, 1.165) is 12.2 Å². The highest BCUT2D eigenvalue weighted by atomic mass is 16.5.